The maximum Gasteiger partial charge on any atom is 0.407 e. The van der Waals surface area contributed by atoms with Crippen LogP contribution in [-0.4, -0.2) is 46.3 Å². The maximum absolute atomic E-state index is 11.3. The summed E-state index contributed by atoms with van der Waals surface area (Å²) in [5.41, 5.74) is 1.50. The molecule has 0 aliphatic carbocycles. The molecule has 1 fully saturated rings. The van der Waals surface area contributed by atoms with Crippen LogP contribution in [-0.2, 0) is 0 Å². The van der Waals surface area contributed by atoms with Crippen molar-refractivity contribution in [2.75, 3.05) is 18.0 Å². The second-order valence-corrected chi connectivity index (χ2v) is 6.59. The molecular formula is C15H16N4O2S. The standard InChI is InChI=1S/C15H16N4O2S/c1-9-7-18(8-10(2)19(9)15(20)21)14-17-12-4-3-11(6-16)5-13(12)22-14/h3-5,9-10H,7-8H2,1-2H3,(H,20,21)/t9-,10?/m1/s1. The van der Waals surface area contributed by atoms with Crippen molar-refractivity contribution >= 4 is 32.8 Å². The van der Waals surface area contributed by atoms with Crippen molar-refractivity contribution in [1.82, 2.24) is 9.88 Å². The predicted octanol–water partition coefficient (Wildman–Crippen LogP) is 2.74. The molecule has 6 nitrogen and oxygen atoms in total. The first-order chi connectivity index (χ1) is 10.5. The number of rotatable bonds is 1. The molecule has 2 aromatic rings. The molecule has 0 saturated carbocycles. The molecule has 114 valence electrons. The highest BCUT2D eigenvalue weighted by Gasteiger charge is 2.33. The van der Waals surface area contributed by atoms with Gasteiger partial charge in [0.2, 0.25) is 0 Å². The molecule has 0 spiro atoms. The average Bonchev–Trinajstić information content (AvgIpc) is 2.88. The number of hydrogen-bond acceptors (Lipinski definition) is 5. The van der Waals surface area contributed by atoms with E-state index in [4.69, 9.17) is 5.26 Å². The Labute approximate surface area is 132 Å². The summed E-state index contributed by atoms with van der Waals surface area (Å²) >= 11 is 1.54. The minimum Gasteiger partial charge on any atom is -0.465 e. The molecule has 1 N–H and O–H groups in total. The second-order valence-electron chi connectivity index (χ2n) is 5.58. The highest BCUT2D eigenvalue weighted by atomic mass is 32.1. The zero-order valence-electron chi connectivity index (χ0n) is 12.4. The number of nitriles is 1. The lowest BCUT2D eigenvalue weighted by molar-refractivity contribution is 0.0982. The van der Waals surface area contributed by atoms with Crippen LogP contribution in [0.4, 0.5) is 9.93 Å². The van der Waals surface area contributed by atoms with Crippen LogP contribution < -0.4 is 4.90 Å². The molecule has 3 rings (SSSR count). The summed E-state index contributed by atoms with van der Waals surface area (Å²) in [4.78, 5) is 19.5. The van der Waals surface area contributed by atoms with Crippen molar-refractivity contribution in [1.29, 1.82) is 5.26 Å². The largest absolute Gasteiger partial charge is 0.465 e. The van der Waals surface area contributed by atoms with E-state index >= 15 is 0 Å². The van der Waals surface area contributed by atoms with E-state index in [1.807, 2.05) is 26.0 Å². The third-order valence-corrected chi connectivity index (χ3v) is 5.00. The van der Waals surface area contributed by atoms with Gasteiger partial charge in [-0.3, -0.25) is 4.90 Å². The number of nitrogens with zero attached hydrogens (tertiary/aromatic N) is 4. The Morgan fingerprint density at radius 2 is 2.09 bits per heavy atom. The normalized spacial score (nSPS) is 21.9. The van der Waals surface area contributed by atoms with Gasteiger partial charge in [0, 0.05) is 13.1 Å². The monoisotopic (exact) mass is 316 g/mol. The Bertz CT molecular complexity index is 754. The SMILES string of the molecule is CC1CN(c2nc3ccc(C#N)cc3s2)C[C@@H](C)N1C(=O)O. The maximum atomic E-state index is 11.3. The Hall–Kier alpha value is -2.33. The minimum absolute atomic E-state index is 0.0806. The van der Waals surface area contributed by atoms with E-state index < -0.39 is 6.09 Å². The van der Waals surface area contributed by atoms with Crippen molar-refractivity contribution in [2.45, 2.75) is 25.9 Å². The fourth-order valence-corrected chi connectivity index (χ4v) is 4.00. The molecular weight excluding hydrogens is 300 g/mol. The van der Waals surface area contributed by atoms with Gasteiger partial charge < -0.3 is 10.0 Å². The number of benzene rings is 1. The van der Waals surface area contributed by atoms with E-state index in [1.54, 1.807) is 17.4 Å². The molecule has 0 radical (unpaired) electrons. The quantitative estimate of drug-likeness (QED) is 0.875. The lowest BCUT2D eigenvalue weighted by Crippen LogP contribution is -2.58. The van der Waals surface area contributed by atoms with Crippen LogP contribution in [0.3, 0.4) is 0 Å². The van der Waals surface area contributed by atoms with Crippen LogP contribution in [0.5, 0.6) is 0 Å². The van der Waals surface area contributed by atoms with Gasteiger partial charge in [0.1, 0.15) is 0 Å². The summed E-state index contributed by atoms with van der Waals surface area (Å²) in [5, 5.41) is 19.1. The smallest absolute Gasteiger partial charge is 0.407 e. The van der Waals surface area contributed by atoms with Crippen molar-refractivity contribution in [2.24, 2.45) is 0 Å². The van der Waals surface area contributed by atoms with Crippen molar-refractivity contribution < 1.29 is 9.90 Å². The highest BCUT2D eigenvalue weighted by molar-refractivity contribution is 7.22. The number of piperazine rings is 1. The molecule has 1 amide bonds. The van der Waals surface area contributed by atoms with Gasteiger partial charge in [-0.1, -0.05) is 11.3 Å². The Balaban J connectivity index is 1.89. The third-order valence-electron chi connectivity index (χ3n) is 3.92. The number of thiazole rings is 1. The van der Waals surface area contributed by atoms with Gasteiger partial charge in [0.15, 0.2) is 5.13 Å². The van der Waals surface area contributed by atoms with Gasteiger partial charge in [0.25, 0.3) is 0 Å². The van der Waals surface area contributed by atoms with E-state index in [2.05, 4.69) is 16.0 Å². The molecule has 2 heterocycles. The van der Waals surface area contributed by atoms with Gasteiger partial charge >= 0.3 is 6.09 Å². The minimum atomic E-state index is -0.873. The van der Waals surface area contributed by atoms with Crippen molar-refractivity contribution in [3.8, 4) is 6.07 Å². The predicted molar refractivity (Wildman–Crippen MR) is 85.3 cm³/mol. The van der Waals surface area contributed by atoms with Crippen LogP contribution in [0.2, 0.25) is 0 Å². The number of hydrogen-bond donors (Lipinski definition) is 1. The highest BCUT2D eigenvalue weighted by Crippen LogP contribution is 2.31. The summed E-state index contributed by atoms with van der Waals surface area (Å²) < 4.78 is 0.982. The fraction of sp³-hybridized carbons (Fsp3) is 0.400. The first-order valence-corrected chi connectivity index (χ1v) is 7.88. The Morgan fingerprint density at radius 1 is 1.41 bits per heavy atom. The fourth-order valence-electron chi connectivity index (χ4n) is 2.97. The molecule has 0 bridgehead atoms. The summed E-state index contributed by atoms with van der Waals surface area (Å²) in [7, 11) is 0. The van der Waals surface area contributed by atoms with E-state index in [9.17, 15) is 9.90 Å². The lowest BCUT2D eigenvalue weighted by atomic mass is 10.1. The van der Waals surface area contributed by atoms with Gasteiger partial charge in [-0.15, -0.1) is 0 Å². The van der Waals surface area contributed by atoms with E-state index in [-0.39, 0.29) is 12.1 Å². The topological polar surface area (TPSA) is 80.5 Å². The molecule has 1 unspecified atom stereocenters. The summed E-state index contributed by atoms with van der Waals surface area (Å²) in [6.45, 7) is 5.08. The first kappa shape index (κ1) is 14.6. The molecule has 1 aromatic heterocycles. The van der Waals surface area contributed by atoms with Gasteiger partial charge in [-0.2, -0.15) is 5.26 Å². The summed E-state index contributed by atoms with van der Waals surface area (Å²) in [5.74, 6) is 0. The summed E-state index contributed by atoms with van der Waals surface area (Å²) in [6, 6.07) is 7.44. The first-order valence-electron chi connectivity index (χ1n) is 7.06. The number of amides is 1. The Morgan fingerprint density at radius 3 is 2.68 bits per heavy atom. The van der Waals surface area contributed by atoms with E-state index in [1.165, 1.54) is 4.90 Å². The Kier molecular flexibility index (Phi) is 3.62. The number of carbonyl (C=O) groups is 1. The molecule has 22 heavy (non-hydrogen) atoms. The number of aromatic nitrogens is 1. The second kappa shape index (κ2) is 5.46. The zero-order valence-corrected chi connectivity index (χ0v) is 13.2. The van der Waals surface area contributed by atoms with E-state index in [0.717, 1.165) is 15.3 Å². The zero-order chi connectivity index (χ0) is 15.9. The van der Waals surface area contributed by atoms with Crippen LogP contribution >= 0.6 is 11.3 Å². The van der Waals surface area contributed by atoms with E-state index in [0.29, 0.717) is 18.7 Å². The van der Waals surface area contributed by atoms with Crippen molar-refractivity contribution in [3.05, 3.63) is 23.8 Å². The molecule has 2 atom stereocenters. The van der Waals surface area contributed by atoms with Gasteiger partial charge in [0.05, 0.1) is 33.9 Å². The molecule has 7 heteroatoms. The lowest BCUT2D eigenvalue weighted by Gasteiger charge is -2.42. The average molecular weight is 316 g/mol. The van der Waals surface area contributed by atoms with Crippen LogP contribution in [0, 0.1) is 11.3 Å². The molecule has 1 aliphatic rings. The van der Waals surface area contributed by atoms with Crippen LogP contribution in [0.15, 0.2) is 18.2 Å². The number of carboxylic acid groups (broad SMARTS) is 1. The van der Waals surface area contributed by atoms with Crippen LogP contribution in [0.25, 0.3) is 10.2 Å². The molecule has 1 aromatic carbocycles. The molecule has 1 saturated heterocycles. The van der Waals surface area contributed by atoms with Gasteiger partial charge in [-0.05, 0) is 32.0 Å². The number of fused-ring (bicyclic) bond motifs is 1. The molecule has 1 aliphatic heterocycles. The van der Waals surface area contributed by atoms with Crippen LogP contribution in [0.1, 0.15) is 19.4 Å². The third kappa shape index (κ3) is 2.46. The van der Waals surface area contributed by atoms with Gasteiger partial charge in [-0.25, -0.2) is 9.78 Å². The van der Waals surface area contributed by atoms with Crippen molar-refractivity contribution in [3.63, 3.8) is 0 Å². The number of anilines is 1. The summed E-state index contributed by atoms with van der Waals surface area (Å²) in [6.07, 6.45) is -0.873.